The van der Waals surface area contributed by atoms with Crippen molar-refractivity contribution in [1.82, 2.24) is 5.32 Å². The van der Waals surface area contributed by atoms with Crippen LogP contribution in [0.15, 0.2) is 56.4 Å². The Morgan fingerprint density at radius 3 is 2.57 bits per heavy atom. The first-order valence-corrected chi connectivity index (χ1v) is 11.1. The van der Waals surface area contributed by atoms with Crippen molar-refractivity contribution in [2.45, 2.75) is 24.7 Å². The SMILES string of the molecule is CCS(C)(N=O)c1ccc(Br)cc1CNC(=O)c1cccc(OC(F)(F)F)c1. The lowest BCUT2D eigenvalue weighted by Crippen LogP contribution is -2.24. The Morgan fingerprint density at radius 2 is 1.96 bits per heavy atom. The lowest BCUT2D eigenvalue weighted by molar-refractivity contribution is -0.274. The molecular weight excluding hydrogens is 461 g/mol. The van der Waals surface area contributed by atoms with Crippen LogP contribution in [-0.2, 0) is 6.54 Å². The Bertz CT molecular complexity index is 879. The second-order valence-corrected chi connectivity index (χ2v) is 10.1. The van der Waals surface area contributed by atoms with E-state index in [1.165, 1.54) is 12.1 Å². The highest BCUT2D eigenvalue weighted by atomic mass is 79.9. The van der Waals surface area contributed by atoms with Gasteiger partial charge in [-0.1, -0.05) is 39.1 Å². The number of nitroso groups, excluding NO2 is 1. The highest BCUT2D eigenvalue weighted by Gasteiger charge is 2.31. The van der Waals surface area contributed by atoms with Crippen LogP contribution in [0.4, 0.5) is 13.2 Å². The standard InChI is InChI=1S/C18H18BrF3N2O3S/c1-3-28(2,24-26)16-8-7-14(19)9-13(16)11-23-17(25)12-5-4-6-15(10-12)27-18(20,21)22/h4-10H,3,11H2,1-2H3,(H,23,25). The number of amides is 1. The first-order chi connectivity index (χ1) is 13.1. The zero-order chi connectivity index (χ0) is 20.9. The van der Waals surface area contributed by atoms with Crippen LogP contribution >= 0.6 is 26.1 Å². The van der Waals surface area contributed by atoms with Gasteiger partial charge in [-0.2, -0.15) is 0 Å². The lowest BCUT2D eigenvalue weighted by atomic mass is 10.2. The van der Waals surface area contributed by atoms with E-state index in [-0.39, 0.29) is 12.1 Å². The Balaban J connectivity index is 2.21. The average molecular weight is 479 g/mol. The van der Waals surface area contributed by atoms with E-state index in [0.717, 1.165) is 21.5 Å². The molecule has 1 amide bonds. The lowest BCUT2D eigenvalue weighted by Gasteiger charge is -2.28. The molecule has 2 aromatic rings. The summed E-state index contributed by atoms with van der Waals surface area (Å²) in [5.74, 6) is -0.488. The van der Waals surface area contributed by atoms with Crippen LogP contribution in [0.1, 0.15) is 22.8 Å². The van der Waals surface area contributed by atoms with Gasteiger partial charge in [0.2, 0.25) is 0 Å². The van der Waals surface area contributed by atoms with Gasteiger partial charge >= 0.3 is 6.36 Å². The molecule has 0 aromatic heterocycles. The predicted octanol–water partition coefficient (Wildman–Crippen LogP) is 5.77. The molecule has 0 radical (unpaired) electrons. The minimum absolute atomic E-state index is 0.0254. The molecule has 5 nitrogen and oxygen atoms in total. The number of ether oxygens (including phenoxy) is 1. The largest absolute Gasteiger partial charge is 0.573 e. The van der Waals surface area contributed by atoms with Gasteiger partial charge in [0.1, 0.15) is 5.75 Å². The highest BCUT2D eigenvalue weighted by Crippen LogP contribution is 2.55. The summed E-state index contributed by atoms with van der Waals surface area (Å²) in [6.45, 7) is 1.96. The van der Waals surface area contributed by atoms with Gasteiger partial charge in [0, 0.05) is 21.5 Å². The Labute approximate surface area is 170 Å². The maximum absolute atomic E-state index is 12.4. The number of nitrogens with zero attached hydrogens (tertiary/aromatic N) is 1. The van der Waals surface area contributed by atoms with E-state index in [0.29, 0.717) is 11.3 Å². The molecule has 10 heteroatoms. The third-order valence-corrected chi connectivity index (χ3v) is 7.28. The number of hydrogen-bond acceptors (Lipinski definition) is 4. The fourth-order valence-electron chi connectivity index (χ4n) is 2.48. The van der Waals surface area contributed by atoms with Crippen molar-refractivity contribution in [1.29, 1.82) is 0 Å². The van der Waals surface area contributed by atoms with Crippen LogP contribution in [0.5, 0.6) is 5.75 Å². The van der Waals surface area contributed by atoms with Crippen molar-refractivity contribution < 1.29 is 22.7 Å². The molecule has 0 saturated heterocycles. The number of carbonyl (C=O) groups is 1. The van der Waals surface area contributed by atoms with E-state index < -0.39 is 28.2 Å². The summed E-state index contributed by atoms with van der Waals surface area (Å²) in [7, 11) is -1.93. The van der Waals surface area contributed by atoms with E-state index in [4.69, 9.17) is 0 Å². The fraction of sp³-hybridized carbons (Fsp3) is 0.278. The smallest absolute Gasteiger partial charge is 0.406 e. The summed E-state index contributed by atoms with van der Waals surface area (Å²) in [4.78, 5) is 24.5. The molecule has 0 saturated carbocycles. The maximum Gasteiger partial charge on any atom is 0.573 e. The molecule has 1 N–H and O–H groups in total. The van der Waals surface area contributed by atoms with Gasteiger partial charge in [-0.25, -0.2) is 0 Å². The minimum atomic E-state index is -4.84. The molecule has 2 aromatic carbocycles. The normalized spacial score (nSPS) is 14.6. The second kappa shape index (κ2) is 8.95. The van der Waals surface area contributed by atoms with Gasteiger partial charge in [-0.05, 0) is 58.6 Å². The van der Waals surface area contributed by atoms with Crippen LogP contribution in [-0.4, -0.2) is 24.3 Å². The van der Waals surface area contributed by atoms with Crippen molar-refractivity contribution in [3.05, 3.63) is 63.0 Å². The summed E-state index contributed by atoms with van der Waals surface area (Å²) in [5.41, 5.74) is 0.738. The van der Waals surface area contributed by atoms with Crippen molar-refractivity contribution in [3.63, 3.8) is 0 Å². The number of halogens is 4. The molecule has 1 unspecified atom stereocenters. The molecule has 28 heavy (non-hydrogen) atoms. The summed E-state index contributed by atoms with van der Waals surface area (Å²) in [5, 5.41) is 2.67. The van der Waals surface area contributed by atoms with Gasteiger partial charge < -0.3 is 10.1 Å². The first kappa shape index (κ1) is 22.2. The van der Waals surface area contributed by atoms with E-state index in [1.54, 1.807) is 24.5 Å². The molecule has 0 fully saturated rings. The maximum atomic E-state index is 12.4. The second-order valence-electron chi connectivity index (χ2n) is 5.91. The number of rotatable bonds is 7. The fourth-order valence-corrected chi connectivity index (χ4v) is 4.44. The monoisotopic (exact) mass is 478 g/mol. The summed E-state index contributed by atoms with van der Waals surface area (Å²) >= 11 is 3.36. The Morgan fingerprint density at radius 1 is 1.25 bits per heavy atom. The van der Waals surface area contributed by atoms with Gasteiger partial charge in [0.15, 0.2) is 0 Å². The molecule has 0 aliphatic heterocycles. The highest BCUT2D eigenvalue weighted by molar-refractivity contribution is 9.10. The molecule has 0 aliphatic rings. The van der Waals surface area contributed by atoms with Crippen molar-refractivity contribution in [2.75, 3.05) is 12.0 Å². The molecule has 2 rings (SSSR count). The molecule has 0 heterocycles. The van der Waals surface area contributed by atoms with Crippen LogP contribution < -0.4 is 10.1 Å². The third kappa shape index (κ3) is 5.71. The summed E-state index contributed by atoms with van der Waals surface area (Å²) in [6.07, 6.45) is -3.05. The van der Waals surface area contributed by atoms with Crippen LogP contribution in [0, 0.1) is 4.91 Å². The van der Waals surface area contributed by atoms with Gasteiger partial charge in [-0.3, -0.25) is 4.79 Å². The van der Waals surface area contributed by atoms with Crippen molar-refractivity contribution in [2.24, 2.45) is 4.58 Å². The van der Waals surface area contributed by atoms with Crippen LogP contribution in [0.25, 0.3) is 0 Å². The van der Waals surface area contributed by atoms with E-state index >= 15 is 0 Å². The zero-order valence-corrected chi connectivity index (χ0v) is 17.5. The molecule has 1 atom stereocenters. The quantitative estimate of drug-likeness (QED) is 0.513. The molecule has 0 spiro atoms. The number of carbonyl (C=O) groups excluding carboxylic acids is 1. The van der Waals surface area contributed by atoms with Crippen molar-refractivity contribution in [3.8, 4) is 5.75 Å². The zero-order valence-electron chi connectivity index (χ0n) is 15.0. The third-order valence-electron chi connectivity index (χ3n) is 3.99. The molecular formula is C18H18BrF3N2O3S. The van der Waals surface area contributed by atoms with E-state index in [1.807, 2.05) is 6.92 Å². The topological polar surface area (TPSA) is 67.8 Å². The average Bonchev–Trinajstić information content (AvgIpc) is 2.64. The van der Waals surface area contributed by atoms with E-state index in [9.17, 15) is 22.9 Å². The van der Waals surface area contributed by atoms with Gasteiger partial charge in [-0.15, -0.1) is 18.1 Å². The first-order valence-electron chi connectivity index (χ1n) is 8.11. The number of hydrogen-bond donors (Lipinski definition) is 1. The summed E-state index contributed by atoms with van der Waals surface area (Å²) in [6, 6.07) is 10.2. The van der Waals surface area contributed by atoms with E-state index in [2.05, 4.69) is 30.6 Å². The van der Waals surface area contributed by atoms with Gasteiger partial charge in [0.05, 0.1) is 0 Å². The van der Waals surface area contributed by atoms with Crippen LogP contribution in [0.3, 0.4) is 0 Å². The number of benzene rings is 2. The Kier molecular flexibility index (Phi) is 7.11. The molecule has 0 bridgehead atoms. The minimum Gasteiger partial charge on any atom is -0.406 e. The predicted molar refractivity (Wildman–Crippen MR) is 107 cm³/mol. The van der Waals surface area contributed by atoms with Crippen LogP contribution in [0.2, 0.25) is 0 Å². The number of alkyl halides is 3. The summed E-state index contributed by atoms with van der Waals surface area (Å²) < 4.78 is 45.0. The molecule has 0 aliphatic carbocycles. The Hall–Kier alpha value is -2.07. The number of nitrogens with one attached hydrogen (secondary N) is 1. The molecule has 152 valence electrons. The van der Waals surface area contributed by atoms with Crippen molar-refractivity contribution >= 4 is 32.1 Å². The van der Waals surface area contributed by atoms with Gasteiger partial charge in [0.25, 0.3) is 5.91 Å².